The van der Waals surface area contributed by atoms with Crippen LogP contribution in [-0.2, 0) is 5.75 Å². The summed E-state index contributed by atoms with van der Waals surface area (Å²) in [5.74, 6) is -1.09. The van der Waals surface area contributed by atoms with Gasteiger partial charge in [-0.1, -0.05) is 12.1 Å². The number of benzene rings is 2. The second-order valence-electron chi connectivity index (χ2n) is 4.21. The third-order valence-electron chi connectivity index (χ3n) is 2.68. The predicted molar refractivity (Wildman–Crippen MR) is 78.0 cm³/mol. The zero-order chi connectivity index (χ0) is 14.5. The van der Waals surface area contributed by atoms with Crippen LogP contribution in [0.5, 0.6) is 0 Å². The van der Waals surface area contributed by atoms with Crippen LogP contribution >= 0.6 is 11.8 Å². The van der Waals surface area contributed by atoms with Crippen molar-refractivity contribution < 1.29 is 13.6 Å². The van der Waals surface area contributed by atoms with Crippen LogP contribution in [0, 0.1) is 11.6 Å². The van der Waals surface area contributed by atoms with E-state index >= 15 is 0 Å². The lowest BCUT2D eigenvalue weighted by Gasteiger charge is -2.07. The van der Waals surface area contributed by atoms with Crippen LogP contribution in [0.2, 0.25) is 0 Å². The smallest absolute Gasteiger partial charge is 0.255 e. The van der Waals surface area contributed by atoms with Gasteiger partial charge in [0.2, 0.25) is 0 Å². The number of halogens is 2. The summed E-state index contributed by atoms with van der Waals surface area (Å²) in [5, 5.41) is 2.44. The lowest BCUT2D eigenvalue weighted by Crippen LogP contribution is -2.13. The van der Waals surface area contributed by atoms with Gasteiger partial charge < -0.3 is 5.32 Å². The van der Waals surface area contributed by atoms with Gasteiger partial charge in [0.15, 0.2) is 0 Å². The Balaban J connectivity index is 2.17. The van der Waals surface area contributed by atoms with Crippen molar-refractivity contribution in [3.8, 4) is 0 Å². The molecule has 0 aliphatic rings. The SMILES string of the molecule is CSCc1cccc(C(=O)Nc2ccc(F)cc2F)c1. The first-order chi connectivity index (χ1) is 9.60. The molecule has 2 nitrogen and oxygen atoms in total. The normalized spacial score (nSPS) is 10.3. The molecule has 0 fully saturated rings. The van der Waals surface area contributed by atoms with E-state index in [2.05, 4.69) is 5.32 Å². The molecule has 0 heterocycles. The van der Waals surface area contributed by atoms with Gasteiger partial charge in [-0.05, 0) is 36.1 Å². The van der Waals surface area contributed by atoms with E-state index in [1.54, 1.807) is 30.0 Å². The molecule has 0 bridgehead atoms. The third kappa shape index (κ3) is 3.57. The fourth-order valence-corrected chi connectivity index (χ4v) is 2.27. The summed E-state index contributed by atoms with van der Waals surface area (Å²) in [5.41, 5.74) is 1.43. The second kappa shape index (κ2) is 6.52. The highest BCUT2D eigenvalue weighted by Crippen LogP contribution is 2.17. The molecule has 0 spiro atoms. The number of hydrogen-bond donors (Lipinski definition) is 1. The topological polar surface area (TPSA) is 29.1 Å². The number of carbonyl (C=O) groups is 1. The maximum Gasteiger partial charge on any atom is 0.255 e. The minimum absolute atomic E-state index is 0.0355. The average Bonchev–Trinajstić information content (AvgIpc) is 2.42. The van der Waals surface area contributed by atoms with Crippen LogP contribution in [0.4, 0.5) is 14.5 Å². The molecule has 1 amide bonds. The summed E-state index contributed by atoms with van der Waals surface area (Å²) >= 11 is 1.65. The summed E-state index contributed by atoms with van der Waals surface area (Å²) in [6.07, 6.45) is 1.97. The first-order valence-corrected chi connectivity index (χ1v) is 7.34. The predicted octanol–water partition coefficient (Wildman–Crippen LogP) is 4.08. The summed E-state index contributed by atoms with van der Waals surface area (Å²) in [6.45, 7) is 0. The molecule has 0 radical (unpaired) electrons. The average molecular weight is 293 g/mol. The van der Waals surface area contributed by atoms with Crippen LogP contribution in [0.3, 0.4) is 0 Å². The molecule has 0 aliphatic heterocycles. The van der Waals surface area contributed by atoms with Gasteiger partial charge in [-0.25, -0.2) is 8.78 Å². The van der Waals surface area contributed by atoms with Gasteiger partial charge in [0.1, 0.15) is 11.6 Å². The van der Waals surface area contributed by atoms with Crippen molar-refractivity contribution in [3.05, 3.63) is 65.2 Å². The monoisotopic (exact) mass is 293 g/mol. The summed E-state index contributed by atoms with van der Waals surface area (Å²) in [4.78, 5) is 12.0. The van der Waals surface area contributed by atoms with Crippen LogP contribution in [-0.4, -0.2) is 12.2 Å². The Morgan fingerprint density at radius 3 is 2.70 bits per heavy atom. The molecule has 1 N–H and O–H groups in total. The van der Waals surface area contributed by atoms with E-state index in [1.165, 1.54) is 6.07 Å². The first kappa shape index (κ1) is 14.5. The molecule has 20 heavy (non-hydrogen) atoms. The van der Waals surface area contributed by atoms with Gasteiger partial charge in [0.05, 0.1) is 5.69 Å². The molecule has 0 unspecified atom stereocenters. The maximum atomic E-state index is 13.5. The number of anilines is 1. The Kier molecular flexibility index (Phi) is 4.74. The number of nitrogens with one attached hydrogen (secondary N) is 1. The summed E-state index contributed by atoms with van der Waals surface area (Å²) in [7, 11) is 0. The van der Waals surface area contributed by atoms with Crippen molar-refractivity contribution in [2.45, 2.75) is 5.75 Å². The Labute approximate surface area is 120 Å². The fraction of sp³-hybridized carbons (Fsp3) is 0.133. The number of hydrogen-bond acceptors (Lipinski definition) is 2. The Bertz CT molecular complexity index is 631. The van der Waals surface area contributed by atoms with Crippen molar-refractivity contribution in [1.29, 1.82) is 0 Å². The van der Waals surface area contributed by atoms with Crippen LogP contribution < -0.4 is 5.32 Å². The molecule has 2 rings (SSSR count). The highest BCUT2D eigenvalue weighted by molar-refractivity contribution is 7.97. The molecule has 0 aliphatic carbocycles. The molecule has 2 aromatic carbocycles. The standard InChI is InChI=1S/C15H13F2NOS/c1-20-9-10-3-2-4-11(7-10)15(19)18-14-6-5-12(16)8-13(14)17/h2-8H,9H2,1H3,(H,18,19). The second-order valence-corrected chi connectivity index (χ2v) is 5.08. The molecular formula is C15H13F2NOS. The summed E-state index contributed by atoms with van der Waals surface area (Å²) in [6, 6.07) is 10.2. The number of thioether (sulfide) groups is 1. The van der Waals surface area contributed by atoms with Crippen LogP contribution in [0.25, 0.3) is 0 Å². The number of rotatable bonds is 4. The number of carbonyl (C=O) groups excluding carboxylic acids is 1. The quantitative estimate of drug-likeness (QED) is 0.920. The van der Waals surface area contributed by atoms with Crippen molar-refractivity contribution in [3.63, 3.8) is 0 Å². The van der Waals surface area contributed by atoms with Crippen molar-refractivity contribution in [2.24, 2.45) is 0 Å². The van der Waals surface area contributed by atoms with Crippen molar-refractivity contribution in [2.75, 3.05) is 11.6 Å². The lowest BCUT2D eigenvalue weighted by atomic mass is 10.1. The molecule has 104 valence electrons. The van der Waals surface area contributed by atoms with Gasteiger partial charge >= 0.3 is 0 Å². The van der Waals surface area contributed by atoms with E-state index in [0.29, 0.717) is 5.56 Å². The maximum absolute atomic E-state index is 13.5. The van der Waals surface area contributed by atoms with Crippen LogP contribution in [0.1, 0.15) is 15.9 Å². The van der Waals surface area contributed by atoms with Crippen molar-refractivity contribution >= 4 is 23.4 Å². The number of amides is 1. The van der Waals surface area contributed by atoms with Gasteiger partial charge in [0.25, 0.3) is 5.91 Å². The molecule has 0 aromatic heterocycles. The lowest BCUT2D eigenvalue weighted by molar-refractivity contribution is 0.102. The van der Waals surface area contributed by atoms with E-state index in [-0.39, 0.29) is 5.69 Å². The van der Waals surface area contributed by atoms with Crippen molar-refractivity contribution in [1.82, 2.24) is 0 Å². The molecule has 0 saturated heterocycles. The Morgan fingerprint density at radius 2 is 2.00 bits per heavy atom. The van der Waals surface area contributed by atoms with E-state index < -0.39 is 17.5 Å². The minimum Gasteiger partial charge on any atom is -0.319 e. The molecule has 2 aromatic rings. The molecule has 5 heteroatoms. The van der Waals surface area contributed by atoms with E-state index in [1.807, 2.05) is 12.3 Å². The molecule has 0 saturated carbocycles. The Morgan fingerprint density at radius 1 is 1.20 bits per heavy atom. The highest BCUT2D eigenvalue weighted by Gasteiger charge is 2.10. The summed E-state index contributed by atoms with van der Waals surface area (Å²) < 4.78 is 26.3. The van der Waals surface area contributed by atoms with E-state index in [9.17, 15) is 13.6 Å². The minimum atomic E-state index is -0.793. The Hall–Kier alpha value is -1.88. The zero-order valence-corrected chi connectivity index (χ0v) is 11.6. The fourth-order valence-electron chi connectivity index (χ4n) is 1.75. The van der Waals surface area contributed by atoms with Gasteiger partial charge in [-0.2, -0.15) is 11.8 Å². The molecule has 0 atom stereocenters. The zero-order valence-electron chi connectivity index (χ0n) is 10.8. The molecular weight excluding hydrogens is 280 g/mol. The van der Waals surface area contributed by atoms with E-state index in [0.717, 1.165) is 23.4 Å². The van der Waals surface area contributed by atoms with E-state index in [4.69, 9.17) is 0 Å². The van der Waals surface area contributed by atoms with Gasteiger partial charge in [-0.15, -0.1) is 0 Å². The van der Waals surface area contributed by atoms with Gasteiger partial charge in [-0.3, -0.25) is 4.79 Å². The highest BCUT2D eigenvalue weighted by atomic mass is 32.2. The largest absolute Gasteiger partial charge is 0.319 e. The third-order valence-corrected chi connectivity index (χ3v) is 3.30. The van der Waals surface area contributed by atoms with Gasteiger partial charge in [0, 0.05) is 17.4 Å². The first-order valence-electron chi connectivity index (χ1n) is 5.94. The van der Waals surface area contributed by atoms with Crippen LogP contribution in [0.15, 0.2) is 42.5 Å².